The van der Waals surface area contributed by atoms with E-state index in [0.717, 1.165) is 5.56 Å². The second-order valence-corrected chi connectivity index (χ2v) is 5.30. The summed E-state index contributed by atoms with van der Waals surface area (Å²) in [5, 5.41) is 9.01. The molecule has 0 heterocycles. The van der Waals surface area contributed by atoms with Crippen molar-refractivity contribution in [2.45, 2.75) is 6.54 Å². The fourth-order valence-corrected chi connectivity index (χ4v) is 2.32. The van der Waals surface area contributed by atoms with Crippen LogP contribution in [0.5, 0.6) is 5.75 Å². The third-order valence-electron chi connectivity index (χ3n) is 1.78. The van der Waals surface area contributed by atoms with E-state index in [-0.39, 0.29) is 23.9 Å². The van der Waals surface area contributed by atoms with Gasteiger partial charge in [0.15, 0.2) is 0 Å². The average molecular weight is 250 g/mol. The molecular formula is C9H12ClNO3S. The van der Waals surface area contributed by atoms with Crippen molar-refractivity contribution in [1.82, 2.24) is 4.72 Å². The molecular weight excluding hydrogens is 238 g/mol. The summed E-state index contributed by atoms with van der Waals surface area (Å²) in [6.45, 7) is 0.208. The molecule has 0 amide bonds. The quantitative estimate of drug-likeness (QED) is 0.767. The van der Waals surface area contributed by atoms with Crippen molar-refractivity contribution in [1.29, 1.82) is 0 Å². The van der Waals surface area contributed by atoms with Crippen LogP contribution in [0.1, 0.15) is 5.56 Å². The largest absolute Gasteiger partial charge is 0.508 e. The van der Waals surface area contributed by atoms with Crippen LogP contribution in [0.15, 0.2) is 24.3 Å². The van der Waals surface area contributed by atoms with Crippen molar-refractivity contribution in [2.75, 3.05) is 11.6 Å². The van der Waals surface area contributed by atoms with Crippen molar-refractivity contribution in [3.63, 3.8) is 0 Å². The molecule has 0 saturated heterocycles. The van der Waals surface area contributed by atoms with Crippen LogP contribution in [0.2, 0.25) is 0 Å². The van der Waals surface area contributed by atoms with E-state index in [4.69, 9.17) is 16.7 Å². The zero-order valence-electron chi connectivity index (χ0n) is 7.98. The molecule has 0 saturated carbocycles. The Balaban J connectivity index is 2.54. The number of hydrogen-bond acceptors (Lipinski definition) is 3. The zero-order chi connectivity index (χ0) is 11.3. The standard InChI is InChI=1S/C9H12ClNO3S/c10-5-6-15(13,14)11-7-8-1-3-9(12)4-2-8/h1-4,11-12H,5-7H2. The highest BCUT2D eigenvalue weighted by atomic mass is 35.5. The van der Waals surface area contributed by atoms with E-state index in [9.17, 15) is 8.42 Å². The molecule has 84 valence electrons. The topological polar surface area (TPSA) is 66.4 Å². The first-order valence-corrected chi connectivity index (χ1v) is 6.53. The SMILES string of the molecule is O=S(=O)(CCCl)NCc1ccc(O)cc1. The molecule has 6 heteroatoms. The number of phenolic OH excluding ortho intramolecular Hbond substituents is 1. The second kappa shape index (κ2) is 5.34. The molecule has 0 aromatic heterocycles. The maximum atomic E-state index is 11.2. The number of aromatic hydroxyl groups is 1. The van der Waals surface area contributed by atoms with Gasteiger partial charge in [-0.3, -0.25) is 0 Å². The lowest BCUT2D eigenvalue weighted by atomic mass is 10.2. The molecule has 0 fully saturated rings. The van der Waals surface area contributed by atoms with Crippen LogP contribution in [0.4, 0.5) is 0 Å². The Kier molecular flexibility index (Phi) is 4.38. The van der Waals surface area contributed by atoms with Crippen LogP contribution in [0.3, 0.4) is 0 Å². The number of halogens is 1. The van der Waals surface area contributed by atoms with Gasteiger partial charge in [0.1, 0.15) is 5.75 Å². The molecule has 0 atom stereocenters. The van der Waals surface area contributed by atoms with E-state index in [1.54, 1.807) is 12.1 Å². The van der Waals surface area contributed by atoms with Gasteiger partial charge in [0.2, 0.25) is 10.0 Å². The zero-order valence-corrected chi connectivity index (χ0v) is 9.55. The van der Waals surface area contributed by atoms with Crippen molar-refractivity contribution < 1.29 is 13.5 Å². The van der Waals surface area contributed by atoms with E-state index < -0.39 is 10.0 Å². The third-order valence-corrected chi connectivity index (χ3v) is 3.52. The third kappa shape index (κ3) is 4.51. The van der Waals surface area contributed by atoms with Crippen LogP contribution in [0.25, 0.3) is 0 Å². The average Bonchev–Trinajstić information content (AvgIpc) is 2.17. The first-order valence-electron chi connectivity index (χ1n) is 4.35. The number of sulfonamides is 1. The first-order chi connectivity index (χ1) is 7.03. The Labute approximate surface area is 93.9 Å². The molecule has 0 aliphatic heterocycles. The van der Waals surface area contributed by atoms with E-state index in [1.165, 1.54) is 12.1 Å². The molecule has 1 rings (SSSR count). The minimum absolute atomic E-state index is 0.0743. The maximum Gasteiger partial charge on any atom is 0.213 e. The van der Waals surface area contributed by atoms with Crippen molar-refractivity contribution in [3.8, 4) is 5.75 Å². The monoisotopic (exact) mass is 249 g/mol. The summed E-state index contributed by atoms with van der Waals surface area (Å²) in [7, 11) is -3.28. The number of nitrogens with one attached hydrogen (secondary N) is 1. The number of phenols is 1. The number of benzene rings is 1. The minimum atomic E-state index is -3.28. The van der Waals surface area contributed by atoms with E-state index in [2.05, 4.69) is 4.72 Å². The summed E-state index contributed by atoms with van der Waals surface area (Å²) in [6.07, 6.45) is 0. The van der Waals surface area contributed by atoms with Gasteiger partial charge in [-0.25, -0.2) is 13.1 Å². The van der Waals surface area contributed by atoms with Crippen molar-refractivity contribution in [3.05, 3.63) is 29.8 Å². The molecule has 0 unspecified atom stereocenters. The highest BCUT2D eigenvalue weighted by Crippen LogP contribution is 2.09. The Hall–Kier alpha value is -0.780. The van der Waals surface area contributed by atoms with Gasteiger partial charge in [0, 0.05) is 12.4 Å². The Morgan fingerprint density at radius 3 is 2.40 bits per heavy atom. The summed E-state index contributed by atoms with van der Waals surface area (Å²) in [5.74, 6) is 0.139. The molecule has 4 nitrogen and oxygen atoms in total. The predicted molar refractivity (Wildman–Crippen MR) is 59.5 cm³/mol. The van der Waals surface area contributed by atoms with E-state index in [0.29, 0.717) is 0 Å². The first kappa shape index (κ1) is 12.3. The Morgan fingerprint density at radius 1 is 1.27 bits per heavy atom. The molecule has 1 aromatic carbocycles. The number of rotatable bonds is 5. The predicted octanol–water partition coefficient (Wildman–Crippen LogP) is 1.05. The number of hydrogen-bond donors (Lipinski definition) is 2. The highest BCUT2D eigenvalue weighted by Gasteiger charge is 2.08. The van der Waals surface area contributed by atoms with Gasteiger partial charge < -0.3 is 5.11 Å². The molecule has 15 heavy (non-hydrogen) atoms. The van der Waals surface area contributed by atoms with Crippen molar-refractivity contribution in [2.24, 2.45) is 0 Å². The molecule has 0 spiro atoms. The maximum absolute atomic E-state index is 11.2. The summed E-state index contributed by atoms with van der Waals surface area (Å²) in [4.78, 5) is 0. The van der Waals surface area contributed by atoms with E-state index in [1.807, 2.05) is 0 Å². The summed E-state index contributed by atoms with van der Waals surface area (Å²) >= 11 is 5.34. The summed E-state index contributed by atoms with van der Waals surface area (Å²) in [6, 6.07) is 6.31. The molecule has 0 aliphatic rings. The second-order valence-electron chi connectivity index (χ2n) is 3.00. The summed E-state index contributed by atoms with van der Waals surface area (Å²) < 4.78 is 24.9. The molecule has 1 aromatic rings. The Bertz CT molecular complexity index is 402. The van der Waals surface area contributed by atoms with E-state index >= 15 is 0 Å². The fourth-order valence-electron chi connectivity index (χ4n) is 0.981. The van der Waals surface area contributed by atoms with Gasteiger partial charge in [0.25, 0.3) is 0 Å². The highest BCUT2D eigenvalue weighted by molar-refractivity contribution is 7.89. The van der Waals surface area contributed by atoms with Crippen LogP contribution in [0, 0.1) is 0 Å². The minimum Gasteiger partial charge on any atom is -0.508 e. The fraction of sp³-hybridized carbons (Fsp3) is 0.333. The van der Waals surface area contributed by atoms with Gasteiger partial charge in [-0.1, -0.05) is 12.1 Å². The van der Waals surface area contributed by atoms with Crippen LogP contribution in [-0.2, 0) is 16.6 Å². The van der Waals surface area contributed by atoms with Gasteiger partial charge in [-0.15, -0.1) is 11.6 Å². The molecule has 0 radical (unpaired) electrons. The Morgan fingerprint density at radius 2 is 1.87 bits per heavy atom. The van der Waals surface area contributed by atoms with Crippen LogP contribution >= 0.6 is 11.6 Å². The van der Waals surface area contributed by atoms with Crippen molar-refractivity contribution >= 4 is 21.6 Å². The lowest BCUT2D eigenvalue weighted by Gasteiger charge is -2.04. The van der Waals surface area contributed by atoms with Crippen LogP contribution in [-0.4, -0.2) is 25.2 Å². The molecule has 0 aliphatic carbocycles. The normalized spacial score (nSPS) is 11.5. The van der Waals surface area contributed by atoms with Gasteiger partial charge in [0.05, 0.1) is 5.75 Å². The lowest BCUT2D eigenvalue weighted by molar-refractivity contribution is 0.475. The van der Waals surface area contributed by atoms with Gasteiger partial charge in [-0.2, -0.15) is 0 Å². The summed E-state index contributed by atoms with van der Waals surface area (Å²) in [5.41, 5.74) is 0.783. The smallest absolute Gasteiger partial charge is 0.213 e. The molecule has 0 bridgehead atoms. The van der Waals surface area contributed by atoms with Gasteiger partial charge in [-0.05, 0) is 17.7 Å². The molecule has 2 N–H and O–H groups in total. The van der Waals surface area contributed by atoms with Crippen LogP contribution < -0.4 is 4.72 Å². The lowest BCUT2D eigenvalue weighted by Crippen LogP contribution is -2.26. The van der Waals surface area contributed by atoms with Gasteiger partial charge >= 0.3 is 0 Å². The number of alkyl halides is 1.